The molecule has 1 N–H and O–H groups in total. The summed E-state index contributed by atoms with van der Waals surface area (Å²) in [6.45, 7) is 0.401. The third-order valence-corrected chi connectivity index (χ3v) is 4.53. The number of likely N-dealkylation sites (tertiary alicyclic amines) is 1. The van der Waals surface area contributed by atoms with E-state index in [-0.39, 0.29) is 18.2 Å². The molecule has 0 unspecified atom stereocenters. The van der Waals surface area contributed by atoms with E-state index in [1.165, 1.54) is 11.2 Å². The molecule has 136 valence electrons. The number of tetrazole rings is 1. The molecule has 1 fully saturated rings. The molecule has 1 saturated heterocycles. The lowest BCUT2D eigenvalue weighted by Gasteiger charge is -2.16. The molecule has 2 heterocycles. The van der Waals surface area contributed by atoms with Gasteiger partial charge in [-0.2, -0.15) is 0 Å². The van der Waals surface area contributed by atoms with Crippen molar-refractivity contribution in [2.75, 3.05) is 11.9 Å². The molecule has 1 atom stereocenters. The summed E-state index contributed by atoms with van der Waals surface area (Å²) in [5, 5.41) is 14.2. The van der Waals surface area contributed by atoms with E-state index in [1.807, 2.05) is 54.6 Å². The van der Waals surface area contributed by atoms with Crippen LogP contribution >= 0.6 is 0 Å². The number of nitrogens with zero attached hydrogens (tertiary/aromatic N) is 5. The molecule has 0 spiro atoms. The van der Waals surface area contributed by atoms with Gasteiger partial charge in [-0.3, -0.25) is 14.5 Å². The second kappa shape index (κ2) is 7.36. The van der Waals surface area contributed by atoms with E-state index in [9.17, 15) is 9.59 Å². The molecule has 4 rings (SSSR count). The third kappa shape index (κ3) is 3.69. The highest BCUT2D eigenvalue weighted by Crippen LogP contribution is 2.20. The highest BCUT2D eigenvalue weighted by molar-refractivity contribution is 6.06. The summed E-state index contributed by atoms with van der Waals surface area (Å²) in [6, 6.07) is 16.6. The van der Waals surface area contributed by atoms with Crippen molar-refractivity contribution in [1.82, 2.24) is 25.1 Å². The summed E-state index contributed by atoms with van der Waals surface area (Å²) < 4.78 is 1.54. The maximum absolute atomic E-state index is 12.6. The normalized spacial score (nSPS) is 16.7. The maximum atomic E-state index is 12.6. The molecule has 2 amide bonds. The molecule has 8 heteroatoms. The summed E-state index contributed by atoms with van der Waals surface area (Å²) in [5.41, 5.74) is 2.68. The average Bonchev–Trinajstić information content (AvgIpc) is 3.31. The number of carbonyl (C=O) groups excluding carboxylic acids is 2. The number of imide groups is 1. The fourth-order valence-corrected chi connectivity index (χ4v) is 3.11. The molecule has 3 aromatic rings. The Morgan fingerprint density at radius 3 is 2.52 bits per heavy atom. The van der Waals surface area contributed by atoms with Crippen LogP contribution in [0.15, 0.2) is 60.9 Å². The summed E-state index contributed by atoms with van der Waals surface area (Å²) in [7, 11) is 0. The van der Waals surface area contributed by atoms with Gasteiger partial charge in [-0.05, 0) is 46.7 Å². The highest BCUT2D eigenvalue weighted by atomic mass is 16.2. The summed E-state index contributed by atoms with van der Waals surface area (Å²) in [4.78, 5) is 26.2. The standard InChI is InChI=1S/C19H18N6O2/c26-18-12-17(19(27)24(18)11-10-14-4-2-1-3-5-14)21-15-6-8-16(9-7-15)25-13-20-22-23-25/h1-9,13,17,21H,10-12H2/t17-/m1/s1. The van der Waals surface area contributed by atoms with Crippen LogP contribution in [0.5, 0.6) is 0 Å². The minimum absolute atomic E-state index is 0.140. The van der Waals surface area contributed by atoms with Gasteiger partial charge in [-0.15, -0.1) is 5.10 Å². The monoisotopic (exact) mass is 362 g/mol. The molecule has 1 aliphatic heterocycles. The zero-order valence-corrected chi connectivity index (χ0v) is 14.5. The minimum atomic E-state index is -0.535. The van der Waals surface area contributed by atoms with Gasteiger partial charge in [0.15, 0.2) is 0 Å². The second-order valence-corrected chi connectivity index (χ2v) is 6.32. The molecule has 0 bridgehead atoms. The van der Waals surface area contributed by atoms with Crippen LogP contribution in [0, 0.1) is 0 Å². The van der Waals surface area contributed by atoms with Gasteiger partial charge in [0, 0.05) is 12.2 Å². The summed E-state index contributed by atoms with van der Waals surface area (Å²) in [6.07, 6.45) is 2.33. The minimum Gasteiger partial charge on any atom is -0.373 e. The molecule has 1 aromatic heterocycles. The van der Waals surface area contributed by atoms with Crippen molar-refractivity contribution in [2.45, 2.75) is 18.9 Å². The molecular formula is C19H18N6O2. The maximum Gasteiger partial charge on any atom is 0.252 e. The lowest BCUT2D eigenvalue weighted by Crippen LogP contribution is -2.36. The van der Waals surface area contributed by atoms with E-state index < -0.39 is 6.04 Å². The van der Waals surface area contributed by atoms with Crippen LogP contribution in [0.25, 0.3) is 5.69 Å². The van der Waals surface area contributed by atoms with Gasteiger partial charge >= 0.3 is 0 Å². The topological polar surface area (TPSA) is 93.0 Å². The van der Waals surface area contributed by atoms with Crippen LogP contribution in [-0.4, -0.2) is 49.5 Å². The predicted octanol–water partition coefficient (Wildman–Crippen LogP) is 1.44. The number of amides is 2. The Bertz CT molecular complexity index is 925. The first-order valence-electron chi connectivity index (χ1n) is 8.69. The summed E-state index contributed by atoms with van der Waals surface area (Å²) in [5.74, 6) is -0.320. The lowest BCUT2D eigenvalue weighted by atomic mass is 10.1. The first-order valence-corrected chi connectivity index (χ1v) is 8.69. The number of anilines is 1. The molecule has 0 radical (unpaired) electrons. The Morgan fingerprint density at radius 2 is 1.81 bits per heavy atom. The van der Waals surface area contributed by atoms with Crippen molar-refractivity contribution < 1.29 is 9.59 Å². The molecule has 0 saturated carbocycles. The number of benzene rings is 2. The summed E-state index contributed by atoms with van der Waals surface area (Å²) >= 11 is 0. The average molecular weight is 362 g/mol. The molecule has 1 aliphatic rings. The number of nitrogens with one attached hydrogen (secondary N) is 1. The lowest BCUT2D eigenvalue weighted by molar-refractivity contribution is -0.138. The second-order valence-electron chi connectivity index (χ2n) is 6.32. The van der Waals surface area contributed by atoms with Crippen molar-refractivity contribution in [3.63, 3.8) is 0 Å². The van der Waals surface area contributed by atoms with Crippen LogP contribution in [0.2, 0.25) is 0 Å². The van der Waals surface area contributed by atoms with Gasteiger partial charge in [0.2, 0.25) is 5.91 Å². The number of rotatable bonds is 6. The van der Waals surface area contributed by atoms with E-state index in [2.05, 4.69) is 20.8 Å². The van der Waals surface area contributed by atoms with Gasteiger partial charge in [-0.25, -0.2) is 4.68 Å². The number of hydrogen-bond acceptors (Lipinski definition) is 6. The molecule has 0 aliphatic carbocycles. The number of aromatic nitrogens is 4. The molecular weight excluding hydrogens is 344 g/mol. The fraction of sp³-hybridized carbons (Fsp3) is 0.211. The van der Waals surface area contributed by atoms with Gasteiger partial charge < -0.3 is 5.32 Å². The van der Waals surface area contributed by atoms with E-state index in [0.29, 0.717) is 13.0 Å². The van der Waals surface area contributed by atoms with Crippen LogP contribution in [0.3, 0.4) is 0 Å². The largest absolute Gasteiger partial charge is 0.373 e. The van der Waals surface area contributed by atoms with Crippen LogP contribution < -0.4 is 5.32 Å². The highest BCUT2D eigenvalue weighted by Gasteiger charge is 2.38. The van der Waals surface area contributed by atoms with Crippen molar-refractivity contribution >= 4 is 17.5 Å². The van der Waals surface area contributed by atoms with Crippen molar-refractivity contribution in [2.24, 2.45) is 0 Å². The van der Waals surface area contributed by atoms with E-state index in [4.69, 9.17) is 0 Å². The Kier molecular flexibility index (Phi) is 4.61. The zero-order chi connectivity index (χ0) is 18.6. The molecule has 27 heavy (non-hydrogen) atoms. The first-order chi connectivity index (χ1) is 13.2. The van der Waals surface area contributed by atoms with Gasteiger partial charge in [0.25, 0.3) is 5.91 Å². The Hall–Kier alpha value is -3.55. The van der Waals surface area contributed by atoms with Gasteiger partial charge in [0.1, 0.15) is 12.4 Å². The number of hydrogen-bond donors (Lipinski definition) is 1. The van der Waals surface area contributed by atoms with Crippen LogP contribution in [0.1, 0.15) is 12.0 Å². The van der Waals surface area contributed by atoms with E-state index in [0.717, 1.165) is 16.9 Å². The quantitative estimate of drug-likeness (QED) is 0.667. The first kappa shape index (κ1) is 16.9. The van der Waals surface area contributed by atoms with Crippen molar-refractivity contribution in [3.05, 3.63) is 66.5 Å². The van der Waals surface area contributed by atoms with Gasteiger partial charge in [0.05, 0.1) is 12.1 Å². The zero-order valence-electron chi connectivity index (χ0n) is 14.5. The van der Waals surface area contributed by atoms with Crippen molar-refractivity contribution in [3.8, 4) is 5.69 Å². The van der Waals surface area contributed by atoms with E-state index in [1.54, 1.807) is 4.68 Å². The SMILES string of the molecule is O=C1C[C@@H](Nc2ccc(-n3cnnn3)cc2)C(=O)N1CCc1ccccc1. The Labute approximate surface area is 155 Å². The van der Waals surface area contributed by atoms with Gasteiger partial charge in [-0.1, -0.05) is 30.3 Å². The molecule has 2 aromatic carbocycles. The van der Waals surface area contributed by atoms with E-state index >= 15 is 0 Å². The Balaban J connectivity index is 1.38. The predicted molar refractivity (Wildman–Crippen MR) is 98.0 cm³/mol. The third-order valence-electron chi connectivity index (χ3n) is 4.53. The van der Waals surface area contributed by atoms with Crippen LogP contribution in [-0.2, 0) is 16.0 Å². The van der Waals surface area contributed by atoms with Crippen molar-refractivity contribution in [1.29, 1.82) is 0 Å². The fourth-order valence-electron chi connectivity index (χ4n) is 3.11. The Morgan fingerprint density at radius 1 is 1.04 bits per heavy atom. The smallest absolute Gasteiger partial charge is 0.252 e. The molecule has 8 nitrogen and oxygen atoms in total. The van der Waals surface area contributed by atoms with Crippen LogP contribution in [0.4, 0.5) is 5.69 Å². The number of carbonyl (C=O) groups is 2.